The molecule has 0 amide bonds. The number of para-hydroxylation sites is 1. The second-order valence-electron chi connectivity index (χ2n) is 5.39. The highest BCUT2D eigenvalue weighted by Gasteiger charge is 2.30. The summed E-state index contributed by atoms with van der Waals surface area (Å²) >= 11 is 0. The van der Waals surface area contributed by atoms with E-state index in [1.54, 1.807) is 0 Å². The smallest absolute Gasteiger partial charge is 0.0917 e. The molecule has 94 valence electrons. The molecule has 2 unspecified atom stereocenters. The van der Waals surface area contributed by atoms with E-state index >= 15 is 0 Å². The molecule has 2 rings (SSSR count). The van der Waals surface area contributed by atoms with Gasteiger partial charge in [-0.2, -0.15) is 0 Å². The van der Waals surface area contributed by atoms with Crippen LogP contribution < -0.4 is 10.2 Å². The van der Waals surface area contributed by atoms with E-state index in [0.29, 0.717) is 19.1 Å². The number of β-amino-alcohol motifs (C(OH)–C–C–N with tert-alkyl or cyclic N) is 1. The normalized spacial score (nSPS) is 30.1. The Morgan fingerprint density at radius 3 is 2.82 bits per heavy atom. The summed E-state index contributed by atoms with van der Waals surface area (Å²) in [5.41, 5.74) is 1.81. The van der Waals surface area contributed by atoms with E-state index in [1.165, 1.54) is 11.3 Å². The molecule has 3 nitrogen and oxygen atoms in total. The Labute approximate surface area is 103 Å². The van der Waals surface area contributed by atoms with Crippen LogP contribution in [-0.4, -0.2) is 36.4 Å². The largest absolute Gasteiger partial charge is 0.387 e. The lowest BCUT2D eigenvalue weighted by atomic mass is 10.1. The minimum Gasteiger partial charge on any atom is -0.387 e. The van der Waals surface area contributed by atoms with Gasteiger partial charge in [-0.1, -0.05) is 18.2 Å². The van der Waals surface area contributed by atoms with Crippen molar-refractivity contribution in [3.63, 3.8) is 0 Å². The zero-order chi connectivity index (χ0) is 12.5. The van der Waals surface area contributed by atoms with Gasteiger partial charge in [0.25, 0.3) is 0 Å². The number of nitrogens with zero attached hydrogens (tertiary/aromatic N) is 1. The van der Waals surface area contributed by atoms with Gasteiger partial charge in [0, 0.05) is 31.4 Å². The predicted molar refractivity (Wildman–Crippen MR) is 71.5 cm³/mol. The van der Waals surface area contributed by atoms with Gasteiger partial charge >= 0.3 is 0 Å². The first-order valence-electron chi connectivity index (χ1n) is 6.25. The van der Waals surface area contributed by atoms with Crippen LogP contribution in [0.25, 0.3) is 0 Å². The molecule has 1 saturated heterocycles. The molecular formula is C14H22N2O. The van der Waals surface area contributed by atoms with Gasteiger partial charge in [-0.25, -0.2) is 0 Å². The van der Waals surface area contributed by atoms with Crippen LogP contribution in [0.4, 0.5) is 5.69 Å². The average molecular weight is 234 g/mol. The molecular weight excluding hydrogens is 212 g/mol. The van der Waals surface area contributed by atoms with E-state index in [0.717, 1.165) is 6.54 Å². The lowest BCUT2D eigenvalue weighted by molar-refractivity contribution is 0.0726. The van der Waals surface area contributed by atoms with Crippen molar-refractivity contribution in [2.75, 3.05) is 24.5 Å². The van der Waals surface area contributed by atoms with E-state index in [9.17, 15) is 5.11 Å². The minimum atomic E-state index is -0.674. The molecule has 0 saturated carbocycles. The molecule has 1 aliphatic rings. The molecule has 0 bridgehead atoms. The number of hydrogen-bond acceptors (Lipinski definition) is 3. The van der Waals surface area contributed by atoms with Crippen LogP contribution >= 0.6 is 0 Å². The fourth-order valence-electron chi connectivity index (χ4n) is 2.45. The number of aryl methyl sites for hydroxylation is 1. The molecule has 1 heterocycles. The van der Waals surface area contributed by atoms with E-state index in [-0.39, 0.29) is 0 Å². The van der Waals surface area contributed by atoms with Gasteiger partial charge in [0.05, 0.1) is 5.60 Å². The number of benzene rings is 1. The highest BCUT2D eigenvalue weighted by atomic mass is 16.3. The molecule has 2 N–H and O–H groups in total. The second-order valence-corrected chi connectivity index (χ2v) is 5.39. The van der Waals surface area contributed by atoms with Gasteiger partial charge in [0.1, 0.15) is 0 Å². The molecule has 2 atom stereocenters. The van der Waals surface area contributed by atoms with Gasteiger partial charge in [-0.3, -0.25) is 0 Å². The zero-order valence-corrected chi connectivity index (χ0v) is 10.9. The SMILES string of the molecule is Cc1ccccc1N1CC(C)(O)CNCC1C. The van der Waals surface area contributed by atoms with Gasteiger partial charge in [0.2, 0.25) is 0 Å². The summed E-state index contributed by atoms with van der Waals surface area (Å²) in [5.74, 6) is 0. The van der Waals surface area contributed by atoms with Crippen molar-refractivity contribution in [2.24, 2.45) is 0 Å². The highest BCUT2D eigenvalue weighted by Crippen LogP contribution is 2.24. The van der Waals surface area contributed by atoms with Crippen molar-refractivity contribution in [3.05, 3.63) is 29.8 Å². The Hall–Kier alpha value is -1.06. The van der Waals surface area contributed by atoms with Crippen LogP contribution in [0, 0.1) is 6.92 Å². The van der Waals surface area contributed by atoms with Gasteiger partial charge < -0.3 is 15.3 Å². The van der Waals surface area contributed by atoms with E-state index in [2.05, 4.69) is 48.3 Å². The molecule has 1 aliphatic heterocycles. The van der Waals surface area contributed by atoms with Gasteiger partial charge in [-0.15, -0.1) is 0 Å². The number of hydrogen-bond donors (Lipinski definition) is 2. The third-order valence-corrected chi connectivity index (χ3v) is 3.41. The molecule has 3 heteroatoms. The van der Waals surface area contributed by atoms with Crippen LogP contribution in [-0.2, 0) is 0 Å². The Balaban J connectivity index is 2.31. The van der Waals surface area contributed by atoms with Crippen molar-refractivity contribution in [2.45, 2.75) is 32.4 Å². The Morgan fingerprint density at radius 2 is 2.12 bits per heavy atom. The minimum absolute atomic E-state index is 0.394. The van der Waals surface area contributed by atoms with Gasteiger partial charge in [-0.05, 0) is 32.4 Å². The van der Waals surface area contributed by atoms with Crippen molar-refractivity contribution in [1.29, 1.82) is 0 Å². The van der Waals surface area contributed by atoms with Crippen LogP contribution in [0.15, 0.2) is 24.3 Å². The van der Waals surface area contributed by atoms with E-state index < -0.39 is 5.60 Å². The monoisotopic (exact) mass is 234 g/mol. The third-order valence-electron chi connectivity index (χ3n) is 3.41. The average Bonchev–Trinajstić information content (AvgIpc) is 2.38. The number of aliphatic hydroxyl groups is 1. The first kappa shape index (κ1) is 12.4. The predicted octanol–water partition coefficient (Wildman–Crippen LogP) is 1.54. The molecule has 17 heavy (non-hydrogen) atoms. The van der Waals surface area contributed by atoms with Crippen LogP contribution in [0.5, 0.6) is 0 Å². The maximum atomic E-state index is 10.3. The molecule has 0 spiro atoms. The molecule has 1 fully saturated rings. The summed E-state index contributed by atoms with van der Waals surface area (Å²) in [6.45, 7) is 8.44. The zero-order valence-electron chi connectivity index (χ0n) is 10.9. The van der Waals surface area contributed by atoms with Crippen LogP contribution in [0.3, 0.4) is 0 Å². The van der Waals surface area contributed by atoms with Crippen LogP contribution in [0.1, 0.15) is 19.4 Å². The summed E-state index contributed by atoms with van der Waals surface area (Å²) in [7, 11) is 0. The van der Waals surface area contributed by atoms with Crippen molar-refractivity contribution < 1.29 is 5.11 Å². The van der Waals surface area contributed by atoms with Crippen molar-refractivity contribution in [3.8, 4) is 0 Å². The molecule has 0 radical (unpaired) electrons. The first-order chi connectivity index (χ1) is 7.99. The van der Waals surface area contributed by atoms with E-state index in [1.807, 2.05) is 6.92 Å². The van der Waals surface area contributed by atoms with Gasteiger partial charge in [0.15, 0.2) is 0 Å². The Morgan fingerprint density at radius 1 is 1.41 bits per heavy atom. The molecule has 0 aromatic heterocycles. The maximum absolute atomic E-state index is 10.3. The topological polar surface area (TPSA) is 35.5 Å². The summed E-state index contributed by atoms with van der Waals surface area (Å²) in [6, 6.07) is 8.76. The summed E-state index contributed by atoms with van der Waals surface area (Å²) < 4.78 is 0. The highest BCUT2D eigenvalue weighted by molar-refractivity contribution is 5.54. The number of nitrogens with one attached hydrogen (secondary N) is 1. The molecule has 0 aliphatic carbocycles. The maximum Gasteiger partial charge on any atom is 0.0917 e. The summed E-state index contributed by atoms with van der Waals surface area (Å²) in [4.78, 5) is 2.30. The summed E-state index contributed by atoms with van der Waals surface area (Å²) in [6.07, 6.45) is 0. The number of anilines is 1. The lowest BCUT2D eigenvalue weighted by Crippen LogP contribution is -2.45. The van der Waals surface area contributed by atoms with Crippen LogP contribution in [0.2, 0.25) is 0 Å². The molecule has 1 aromatic rings. The molecule has 1 aromatic carbocycles. The first-order valence-corrected chi connectivity index (χ1v) is 6.25. The quantitative estimate of drug-likeness (QED) is 0.774. The number of rotatable bonds is 1. The fraction of sp³-hybridized carbons (Fsp3) is 0.571. The third kappa shape index (κ3) is 2.79. The van der Waals surface area contributed by atoms with Crippen molar-refractivity contribution >= 4 is 5.69 Å². The fourth-order valence-corrected chi connectivity index (χ4v) is 2.45. The van der Waals surface area contributed by atoms with Crippen molar-refractivity contribution in [1.82, 2.24) is 5.32 Å². The lowest BCUT2D eigenvalue weighted by Gasteiger charge is -2.34. The second kappa shape index (κ2) is 4.67. The van der Waals surface area contributed by atoms with E-state index in [4.69, 9.17) is 0 Å². The standard InChI is InChI=1S/C14H22N2O/c1-11-6-4-5-7-13(11)16-10-14(3,17)9-15-8-12(16)2/h4-7,12,15,17H,8-10H2,1-3H3. The Bertz CT molecular complexity index is 390. The Kier molecular flexibility index (Phi) is 3.40. The summed E-state index contributed by atoms with van der Waals surface area (Å²) in [5, 5.41) is 13.6.